The predicted molar refractivity (Wildman–Crippen MR) is 57.0 cm³/mol. The molecule has 2 aromatic carbocycles. The van der Waals surface area contributed by atoms with Crippen LogP contribution in [0.5, 0.6) is 0 Å². The predicted octanol–water partition coefficient (Wildman–Crippen LogP) is -2.34. The van der Waals surface area contributed by atoms with E-state index in [9.17, 15) is 0 Å². The van der Waals surface area contributed by atoms with Gasteiger partial charge in [0.25, 0.3) is 0 Å². The summed E-state index contributed by atoms with van der Waals surface area (Å²) in [5.41, 5.74) is 0. The van der Waals surface area contributed by atoms with Crippen molar-refractivity contribution in [2.75, 3.05) is 0 Å². The van der Waals surface area contributed by atoms with E-state index in [1.54, 1.807) is 11.3 Å². The van der Waals surface area contributed by atoms with Crippen molar-refractivity contribution in [2.45, 2.75) is 0 Å². The van der Waals surface area contributed by atoms with E-state index >= 15 is 0 Å². The van der Waals surface area contributed by atoms with Gasteiger partial charge in [-0.3, -0.25) is 0 Å². The van der Waals surface area contributed by atoms with Crippen LogP contribution in [0.2, 0.25) is 0 Å². The second kappa shape index (κ2) is 5.26. The Morgan fingerprint density at radius 3 is 1.73 bits per heavy atom. The van der Waals surface area contributed by atoms with Gasteiger partial charge >= 0.3 is 37.7 Å². The maximum Gasteiger partial charge on any atom is 1.00 e. The molecule has 3 aromatic rings. The van der Waals surface area contributed by atoms with E-state index in [0.29, 0.717) is 0 Å². The summed E-state index contributed by atoms with van der Waals surface area (Å²) < 4.78 is 2.44. The van der Waals surface area contributed by atoms with Crippen LogP contribution in [0.1, 0.15) is 0 Å². The fourth-order valence-corrected chi connectivity index (χ4v) is 2.57. The first-order valence-corrected chi connectivity index (χ1v) is 4.96. The Morgan fingerprint density at radius 1 is 0.800 bits per heavy atom. The molecule has 0 N–H and O–H groups in total. The first-order chi connectivity index (χ1) is 6.45. The van der Waals surface area contributed by atoms with Crippen molar-refractivity contribution in [3.63, 3.8) is 0 Å². The second-order valence-electron chi connectivity index (χ2n) is 2.93. The Hall–Kier alpha value is -0.145. The SMILES string of the molecule is [Li+].[Li+].[c-]1cccc2c1sc1[c-]cccc12. The standard InChI is InChI=1S/C12H6S.2Li/c1-3-7-11-9(5-1)10-6-2-4-8-12(10)13-11;;/h1-6H;;/q-2;2*+1. The Morgan fingerprint density at radius 2 is 1.27 bits per heavy atom. The molecule has 0 saturated carbocycles. The molecule has 0 radical (unpaired) electrons. The van der Waals surface area contributed by atoms with Gasteiger partial charge in [-0.15, -0.1) is 0 Å². The van der Waals surface area contributed by atoms with Gasteiger partial charge in [0.05, 0.1) is 0 Å². The fourth-order valence-electron chi connectivity index (χ4n) is 1.54. The van der Waals surface area contributed by atoms with Gasteiger partial charge in [-0.05, 0) is 0 Å². The molecule has 15 heavy (non-hydrogen) atoms. The molecule has 0 atom stereocenters. The molecule has 0 bridgehead atoms. The van der Waals surface area contributed by atoms with Crippen LogP contribution in [-0.2, 0) is 0 Å². The summed E-state index contributed by atoms with van der Waals surface area (Å²) in [4.78, 5) is 0. The maximum atomic E-state index is 3.24. The zero-order chi connectivity index (χ0) is 8.67. The molecule has 1 heterocycles. The van der Waals surface area contributed by atoms with Crippen molar-refractivity contribution in [1.82, 2.24) is 0 Å². The zero-order valence-corrected chi connectivity index (χ0v) is 9.69. The van der Waals surface area contributed by atoms with Crippen LogP contribution in [0.3, 0.4) is 0 Å². The third-order valence-electron chi connectivity index (χ3n) is 2.13. The normalized spacial score (nSPS) is 9.60. The Labute approximate surface area is 117 Å². The second-order valence-corrected chi connectivity index (χ2v) is 3.95. The number of fused-ring (bicyclic) bond motifs is 3. The van der Waals surface area contributed by atoms with Crippen LogP contribution < -0.4 is 37.7 Å². The summed E-state index contributed by atoms with van der Waals surface area (Å²) in [6.45, 7) is 0. The van der Waals surface area contributed by atoms with Crippen molar-refractivity contribution in [2.24, 2.45) is 0 Å². The summed E-state index contributed by atoms with van der Waals surface area (Å²) in [5.74, 6) is 0. The van der Waals surface area contributed by atoms with Crippen LogP contribution >= 0.6 is 11.3 Å². The van der Waals surface area contributed by atoms with Crippen molar-refractivity contribution >= 4 is 31.5 Å². The topological polar surface area (TPSA) is 0 Å². The van der Waals surface area contributed by atoms with Crippen LogP contribution in [0, 0.1) is 12.1 Å². The van der Waals surface area contributed by atoms with E-state index in [4.69, 9.17) is 0 Å². The quantitative estimate of drug-likeness (QED) is 0.279. The largest absolute Gasteiger partial charge is 1.00 e. The molecule has 62 valence electrons. The van der Waals surface area contributed by atoms with E-state index in [1.165, 1.54) is 20.2 Å². The third kappa shape index (κ3) is 2.18. The maximum absolute atomic E-state index is 3.24. The third-order valence-corrected chi connectivity index (χ3v) is 3.21. The van der Waals surface area contributed by atoms with Crippen molar-refractivity contribution in [3.8, 4) is 0 Å². The summed E-state index contributed by atoms with van der Waals surface area (Å²) in [7, 11) is 0. The zero-order valence-electron chi connectivity index (χ0n) is 8.87. The average molecular weight is 196 g/mol. The van der Waals surface area contributed by atoms with Crippen LogP contribution in [0.25, 0.3) is 20.2 Å². The van der Waals surface area contributed by atoms with Gasteiger partial charge in [-0.2, -0.15) is 70.6 Å². The molecule has 1 aromatic heterocycles. The number of hydrogen-bond donors (Lipinski definition) is 0. The van der Waals surface area contributed by atoms with Crippen LogP contribution in [0.15, 0.2) is 36.4 Å². The molecule has 0 nitrogen and oxygen atoms in total. The molecule has 0 aliphatic heterocycles. The van der Waals surface area contributed by atoms with Gasteiger partial charge in [0.2, 0.25) is 0 Å². The Kier molecular flexibility index (Phi) is 4.53. The van der Waals surface area contributed by atoms with Crippen molar-refractivity contribution < 1.29 is 37.7 Å². The molecular weight excluding hydrogens is 190 g/mol. The first kappa shape index (κ1) is 12.9. The van der Waals surface area contributed by atoms with Gasteiger partial charge in [0.1, 0.15) is 0 Å². The van der Waals surface area contributed by atoms with Gasteiger partial charge in [-0.25, -0.2) is 0 Å². The molecule has 0 aliphatic rings. The molecule has 0 unspecified atom stereocenters. The summed E-state index contributed by atoms with van der Waals surface area (Å²) >= 11 is 1.75. The summed E-state index contributed by atoms with van der Waals surface area (Å²) in [5, 5.41) is 2.58. The Balaban J connectivity index is 0.000000562. The number of rotatable bonds is 0. The number of hydrogen-bond acceptors (Lipinski definition) is 1. The molecule has 0 spiro atoms. The minimum Gasteiger partial charge on any atom is -0.192 e. The van der Waals surface area contributed by atoms with Gasteiger partial charge in [-0.1, -0.05) is 9.40 Å². The fraction of sp³-hybridized carbons (Fsp3) is 0. The average Bonchev–Trinajstić information content (AvgIpc) is 2.56. The summed E-state index contributed by atoms with van der Waals surface area (Å²) in [6, 6.07) is 18.7. The van der Waals surface area contributed by atoms with Gasteiger partial charge < -0.3 is 0 Å². The van der Waals surface area contributed by atoms with Crippen molar-refractivity contribution in [1.29, 1.82) is 0 Å². The monoisotopic (exact) mass is 196 g/mol. The Bertz CT molecular complexity index is 521. The summed E-state index contributed by atoms with van der Waals surface area (Å²) in [6.07, 6.45) is 0. The molecular formula is C12H6Li2S. The molecule has 3 rings (SSSR count). The van der Waals surface area contributed by atoms with E-state index in [1.807, 2.05) is 24.3 Å². The molecule has 3 heteroatoms. The van der Waals surface area contributed by atoms with E-state index in [2.05, 4.69) is 24.3 Å². The molecule has 0 fully saturated rings. The molecule has 0 amide bonds. The number of thiophene rings is 1. The van der Waals surface area contributed by atoms with Gasteiger partial charge in [0.15, 0.2) is 0 Å². The smallest absolute Gasteiger partial charge is 0.192 e. The van der Waals surface area contributed by atoms with Crippen LogP contribution in [-0.4, -0.2) is 0 Å². The molecule has 0 saturated heterocycles. The van der Waals surface area contributed by atoms with Crippen LogP contribution in [0.4, 0.5) is 0 Å². The number of benzene rings is 2. The van der Waals surface area contributed by atoms with Gasteiger partial charge in [0, 0.05) is 0 Å². The van der Waals surface area contributed by atoms with E-state index < -0.39 is 0 Å². The van der Waals surface area contributed by atoms with E-state index in [-0.39, 0.29) is 37.7 Å². The minimum absolute atomic E-state index is 0. The van der Waals surface area contributed by atoms with E-state index in [0.717, 1.165) is 0 Å². The molecule has 0 aliphatic carbocycles. The van der Waals surface area contributed by atoms with Crippen molar-refractivity contribution in [3.05, 3.63) is 48.5 Å². The minimum atomic E-state index is 0. The first-order valence-electron chi connectivity index (χ1n) is 4.15.